The lowest BCUT2D eigenvalue weighted by molar-refractivity contribution is -0.137. The number of benzene rings is 1. The van der Waals surface area contributed by atoms with Gasteiger partial charge in [0.15, 0.2) is 0 Å². The topological polar surface area (TPSA) is 46.5 Å². The maximum Gasteiger partial charge on any atom is 0.330 e. The van der Waals surface area contributed by atoms with Gasteiger partial charge in [0.25, 0.3) is 0 Å². The second-order valence-corrected chi connectivity index (χ2v) is 3.20. The van der Waals surface area contributed by atoms with Crippen molar-refractivity contribution >= 4 is 23.6 Å². The van der Waals surface area contributed by atoms with Crippen molar-refractivity contribution < 1.29 is 14.6 Å². The largest absolute Gasteiger partial charge is 0.506 e. The number of ether oxygens (including phenoxy) is 1. The third-order valence-electron chi connectivity index (χ3n) is 1.67. The van der Waals surface area contributed by atoms with E-state index in [4.69, 9.17) is 21.4 Å². The van der Waals surface area contributed by atoms with Gasteiger partial charge in [-0.25, -0.2) is 4.79 Å². The number of carbonyl (C=O) groups excluding carboxylic acids is 1. The Labute approximate surface area is 92.9 Å². The number of phenols is 1. The minimum absolute atomic E-state index is 0.0185. The monoisotopic (exact) mass is 226 g/mol. The SMILES string of the molecule is CCOC(=O)/C=C/c1ccc(O)c(Cl)c1. The summed E-state index contributed by atoms with van der Waals surface area (Å²) in [4.78, 5) is 11.0. The van der Waals surface area contributed by atoms with E-state index in [0.717, 1.165) is 5.56 Å². The highest BCUT2D eigenvalue weighted by Crippen LogP contribution is 2.24. The molecule has 0 saturated heterocycles. The molecule has 80 valence electrons. The molecule has 4 heteroatoms. The highest BCUT2D eigenvalue weighted by Gasteiger charge is 1.98. The molecule has 0 saturated carbocycles. The van der Waals surface area contributed by atoms with Crippen molar-refractivity contribution in [2.75, 3.05) is 6.61 Å². The van der Waals surface area contributed by atoms with Crippen molar-refractivity contribution in [3.8, 4) is 5.75 Å². The zero-order chi connectivity index (χ0) is 11.3. The van der Waals surface area contributed by atoms with Crippen LogP contribution in [0.4, 0.5) is 0 Å². The highest BCUT2D eigenvalue weighted by atomic mass is 35.5. The summed E-state index contributed by atoms with van der Waals surface area (Å²) >= 11 is 5.69. The zero-order valence-electron chi connectivity index (χ0n) is 8.24. The van der Waals surface area contributed by atoms with Gasteiger partial charge in [0.05, 0.1) is 11.6 Å². The van der Waals surface area contributed by atoms with Crippen LogP contribution in [0.5, 0.6) is 5.75 Å². The fourth-order valence-electron chi connectivity index (χ4n) is 0.981. The summed E-state index contributed by atoms with van der Waals surface area (Å²) in [5.74, 6) is -0.383. The second kappa shape index (κ2) is 5.41. The van der Waals surface area contributed by atoms with Crippen LogP contribution in [0.2, 0.25) is 5.02 Å². The van der Waals surface area contributed by atoms with Crippen LogP contribution in [0.1, 0.15) is 12.5 Å². The van der Waals surface area contributed by atoms with Crippen molar-refractivity contribution in [1.82, 2.24) is 0 Å². The molecule has 1 aromatic rings. The van der Waals surface area contributed by atoms with Crippen LogP contribution in [-0.4, -0.2) is 17.7 Å². The van der Waals surface area contributed by atoms with Crippen LogP contribution in [0.3, 0.4) is 0 Å². The van der Waals surface area contributed by atoms with E-state index in [-0.39, 0.29) is 10.8 Å². The van der Waals surface area contributed by atoms with Gasteiger partial charge in [-0.05, 0) is 30.7 Å². The average Bonchev–Trinajstić information content (AvgIpc) is 2.20. The fourth-order valence-corrected chi connectivity index (χ4v) is 1.17. The maximum atomic E-state index is 11.0. The van der Waals surface area contributed by atoms with Gasteiger partial charge in [0.2, 0.25) is 0 Å². The molecule has 0 spiro atoms. The van der Waals surface area contributed by atoms with Gasteiger partial charge in [-0.2, -0.15) is 0 Å². The van der Waals surface area contributed by atoms with Gasteiger partial charge >= 0.3 is 5.97 Å². The summed E-state index contributed by atoms with van der Waals surface area (Å²) in [6.07, 6.45) is 2.88. The van der Waals surface area contributed by atoms with E-state index < -0.39 is 5.97 Å². The van der Waals surface area contributed by atoms with Crippen molar-refractivity contribution in [3.63, 3.8) is 0 Å². The van der Waals surface area contributed by atoms with E-state index in [1.165, 1.54) is 12.1 Å². The first-order chi connectivity index (χ1) is 7.13. The molecule has 0 atom stereocenters. The number of rotatable bonds is 3. The average molecular weight is 227 g/mol. The van der Waals surface area contributed by atoms with Crippen molar-refractivity contribution in [2.24, 2.45) is 0 Å². The van der Waals surface area contributed by atoms with Gasteiger partial charge in [-0.3, -0.25) is 0 Å². The van der Waals surface area contributed by atoms with E-state index in [9.17, 15) is 4.79 Å². The van der Waals surface area contributed by atoms with Crippen LogP contribution in [0, 0.1) is 0 Å². The highest BCUT2D eigenvalue weighted by molar-refractivity contribution is 6.32. The third kappa shape index (κ3) is 3.64. The standard InChI is InChI=1S/C11H11ClO3/c1-2-15-11(14)6-4-8-3-5-10(13)9(12)7-8/h3-7,13H,2H2,1H3/b6-4+. The van der Waals surface area contributed by atoms with Crippen LogP contribution >= 0.6 is 11.6 Å². The molecule has 0 aromatic heterocycles. The Kier molecular flexibility index (Phi) is 4.18. The molecule has 0 amide bonds. The van der Waals surface area contributed by atoms with E-state index in [1.54, 1.807) is 25.1 Å². The quantitative estimate of drug-likeness (QED) is 0.637. The summed E-state index contributed by atoms with van der Waals surface area (Å²) in [6, 6.07) is 4.68. The Morgan fingerprint density at radius 1 is 1.60 bits per heavy atom. The normalized spacial score (nSPS) is 10.5. The number of hydrogen-bond donors (Lipinski definition) is 1. The molecule has 0 heterocycles. The first-order valence-corrected chi connectivity index (χ1v) is 4.84. The van der Waals surface area contributed by atoms with Crippen LogP contribution < -0.4 is 0 Å². The molecular formula is C11H11ClO3. The predicted octanol–water partition coefficient (Wildman–Crippen LogP) is 2.62. The van der Waals surface area contributed by atoms with Gasteiger partial charge < -0.3 is 9.84 Å². The van der Waals surface area contributed by atoms with E-state index in [2.05, 4.69) is 0 Å². The van der Waals surface area contributed by atoms with E-state index in [0.29, 0.717) is 6.61 Å². The summed E-state index contributed by atoms with van der Waals surface area (Å²) in [5.41, 5.74) is 0.728. The predicted molar refractivity (Wildman–Crippen MR) is 58.8 cm³/mol. The number of hydrogen-bond acceptors (Lipinski definition) is 3. The Bertz CT molecular complexity index is 385. The Morgan fingerprint density at radius 2 is 2.33 bits per heavy atom. The fraction of sp³-hybridized carbons (Fsp3) is 0.182. The van der Waals surface area contributed by atoms with Crippen LogP contribution in [0.15, 0.2) is 24.3 Å². The van der Waals surface area contributed by atoms with Crippen molar-refractivity contribution in [3.05, 3.63) is 34.9 Å². The van der Waals surface area contributed by atoms with Gasteiger partial charge in [-0.15, -0.1) is 0 Å². The molecule has 0 fully saturated rings. The van der Waals surface area contributed by atoms with E-state index in [1.807, 2.05) is 0 Å². The third-order valence-corrected chi connectivity index (χ3v) is 1.97. The minimum Gasteiger partial charge on any atom is -0.506 e. The number of aromatic hydroxyl groups is 1. The Morgan fingerprint density at radius 3 is 2.93 bits per heavy atom. The first kappa shape index (κ1) is 11.6. The van der Waals surface area contributed by atoms with Crippen LogP contribution in [-0.2, 0) is 9.53 Å². The summed E-state index contributed by atoms with van der Waals surface area (Å²) in [7, 11) is 0. The molecule has 0 bridgehead atoms. The van der Waals surface area contributed by atoms with Crippen molar-refractivity contribution in [1.29, 1.82) is 0 Å². The summed E-state index contributed by atoms with van der Waals surface area (Å²) in [5, 5.41) is 9.41. The minimum atomic E-state index is -0.401. The summed E-state index contributed by atoms with van der Waals surface area (Å²) < 4.78 is 4.71. The van der Waals surface area contributed by atoms with Gasteiger partial charge in [0.1, 0.15) is 5.75 Å². The smallest absolute Gasteiger partial charge is 0.330 e. The molecule has 0 unspecified atom stereocenters. The first-order valence-electron chi connectivity index (χ1n) is 4.47. The molecule has 1 aromatic carbocycles. The van der Waals surface area contributed by atoms with E-state index >= 15 is 0 Å². The lowest BCUT2D eigenvalue weighted by Gasteiger charge is -1.98. The molecular weight excluding hydrogens is 216 g/mol. The number of halogens is 1. The maximum absolute atomic E-state index is 11.0. The number of phenolic OH excluding ortho intramolecular Hbond substituents is 1. The zero-order valence-corrected chi connectivity index (χ0v) is 8.99. The van der Waals surface area contributed by atoms with Crippen molar-refractivity contribution in [2.45, 2.75) is 6.92 Å². The molecule has 0 aliphatic carbocycles. The lowest BCUT2D eigenvalue weighted by atomic mass is 10.2. The number of carbonyl (C=O) groups is 1. The molecule has 3 nitrogen and oxygen atoms in total. The Hall–Kier alpha value is -1.48. The molecule has 15 heavy (non-hydrogen) atoms. The second-order valence-electron chi connectivity index (χ2n) is 2.80. The van der Waals surface area contributed by atoms with Crippen LogP contribution in [0.25, 0.3) is 6.08 Å². The lowest BCUT2D eigenvalue weighted by Crippen LogP contribution is -1.98. The van der Waals surface area contributed by atoms with Gasteiger partial charge in [-0.1, -0.05) is 17.7 Å². The molecule has 1 rings (SSSR count). The van der Waals surface area contributed by atoms with Gasteiger partial charge in [0, 0.05) is 6.08 Å². The molecule has 0 aliphatic heterocycles. The Balaban J connectivity index is 2.72. The molecule has 0 aliphatic rings. The number of esters is 1. The molecule has 0 radical (unpaired) electrons. The summed E-state index contributed by atoms with van der Waals surface area (Å²) in [6.45, 7) is 2.09. The molecule has 1 N–H and O–H groups in total.